The van der Waals surface area contributed by atoms with Gasteiger partial charge in [0.05, 0.1) is 11.2 Å². The first-order valence-electron chi connectivity index (χ1n) is 9.49. The van der Waals surface area contributed by atoms with E-state index in [9.17, 15) is 4.39 Å². The number of fused-ring (bicyclic) bond motifs is 2. The Morgan fingerprint density at radius 3 is 2.52 bits per heavy atom. The number of nitrogens with one attached hydrogen (secondary N) is 1. The molecule has 27 heavy (non-hydrogen) atoms. The monoisotopic (exact) mass is 364 g/mol. The topological polar surface area (TPSA) is 43.4 Å². The molecular formula is C22H21FN2O2. The van der Waals surface area contributed by atoms with Crippen LogP contribution in [0.15, 0.2) is 42.5 Å². The molecule has 1 aliphatic carbocycles. The van der Waals surface area contributed by atoms with Gasteiger partial charge in [0.25, 0.3) is 0 Å². The first kappa shape index (κ1) is 16.5. The van der Waals surface area contributed by atoms with Crippen molar-refractivity contribution in [3.05, 3.63) is 53.8 Å². The zero-order chi connectivity index (χ0) is 18.2. The number of halogens is 1. The molecule has 4 nitrogen and oxygen atoms in total. The Morgan fingerprint density at radius 1 is 1.00 bits per heavy atom. The molecule has 5 heteroatoms. The molecule has 2 heterocycles. The second kappa shape index (κ2) is 6.82. The summed E-state index contributed by atoms with van der Waals surface area (Å²) in [6.45, 7) is 0.987. The highest BCUT2D eigenvalue weighted by atomic mass is 19.1. The van der Waals surface area contributed by atoms with Gasteiger partial charge in [-0.25, -0.2) is 9.37 Å². The summed E-state index contributed by atoms with van der Waals surface area (Å²) in [4.78, 5) is 4.90. The summed E-state index contributed by atoms with van der Waals surface area (Å²) < 4.78 is 24.4. The van der Waals surface area contributed by atoms with Gasteiger partial charge in [-0.15, -0.1) is 0 Å². The summed E-state index contributed by atoms with van der Waals surface area (Å²) in [7, 11) is 0. The van der Waals surface area contributed by atoms with Gasteiger partial charge in [-0.2, -0.15) is 0 Å². The van der Waals surface area contributed by atoms with Crippen LogP contribution in [0.1, 0.15) is 31.2 Å². The molecule has 0 atom stereocenters. The molecule has 0 amide bonds. The molecule has 1 aromatic heterocycles. The van der Waals surface area contributed by atoms with E-state index >= 15 is 0 Å². The third-order valence-corrected chi connectivity index (χ3v) is 5.44. The Hall–Kier alpha value is -2.66. The molecule has 1 saturated carbocycles. The van der Waals surface area contributed by atoms with Crippen LogP contribution in [0.5, 0.6) is 11.5 Å². The lowest BCUT2D eigenvalue weighted by Crippen LogP contribution is -2.25. The Labute approximate surface area is 157 Å². The lowest BCUT2D eigenvalue weighted by Gasteiger charge is -2.16. The molecular weight excluding hydrogens is 343 g/mol. The van der Waals surface area contributed by atoms with E-state index in [4.69, 9.17) is 14.5 Å². The Morgan fingerprint density at radius 2 is 1.74 bits per heavy atom. The van der Waals surface area contributed by atoms with Crippen LogP contribution < -0.4 is 14.8 Å². The molecule has 1 fully saturated rings. The van der Waals surface area contributed by atoms with E-state index < -0.39 is 0 Å². The maximum absolute atomic E-state index is 13.4. The molecule has 0 saturated heterocycles. The normalized spacial score (nSPS) is 16.3. The molecule has 0 bridgehead atoms. The van der Waals surface area contributed by atoms with Crippen molar-refractivity contribution in [2.24, 2.45) is 0 Å². The van der Waals surface area contributed by atoms with Crippen molar-refractivity contribution in [3.8, 4) is 22.8 Å². The highest BCUT2D eigenvalue weighted by Gasteiger charge is 2.19. The summed E-state index contributed by atoms with van der Waals surface area (Å²) in [5.41, 5.74) is 3.76. The second-order valence-electron chi connectivity index (χ2n) is 7.26. The van der Waals surface area contributed by atoms with Gasteiger partial charge < -0.3 is 14.8 Å². The zero-order valence-electron chi connectivity index (χ0n) is 15.0. The van der Waals surface area contributed by atoms with Crippen molar-refractivity contribution in [3.63, 3.8) is 0 Å². The molecule has 5 rings (SSSR count). The largest absolute Gasteiger partial charge is 0.454 e. The Balaban J connectivity index is 1.58. The van der Waals surface area contributed by atoms with Gasteiger partial charge in [0.15, 0.2) is 11.5 Å². The predicted octanol–water partition coefficient (Wildman–Crippen LogP) is 4.80. The van der Waals surface area contributed by atoms with E-state index in [-0.39, 0.29) is 12.6 Å². The third kappa shape index (κ3) is 3.23. The highest BCUT2D eigenvalue weighted by Crippen LogP contribution is 2.37. The van der Waals surface area contributed by atoms with E-state index in [0.29, 0.717) is 6.04 Å². The first-order valence-corrected chi connectivity index (χ1v) is 9.49. The number of hydrogen-bond acceptors (Lipinski definition) is 4. The fourth-order valence-corrected chi connectivity index (χ4v) is 3.98. The number of benzene rings is 2. The summed E-state index contributed by atoms with van der Waals surface area (Å²) in [5, 5.41) is 4.69. The van der Waals surface area contributed by atoms with Crippen LogP contribution in [0.25, 0.3) is 22.2 Å². The minimum absolute atomic E-state index is 0.242. The summed E-state index contributed by atoms with van der Waals surface area (Å²) in [5.74, 6) is 1.24. The summed E-state index contributed by atoms with van der Waals surface area (Å²) in [6, 6.07) is 13.2. The SMILES string of the molecule is Fc1ccc(-c2nc3cc4c(cc3cc2CNC2CCCC2)OCO4)cc1. The molecule has 2 aromatic carbocycles. The van der Waals surface area contributed by atoms with E-state index in [1.54, 1.807) is 12.1 Å². The van der Waals surface area contributed by atoms with Gasteiger partial charge in [-0.3, -0.25) is 0 Å². The molecule has 0 radical (unpaired) electrons. The van der Waals surface area contributed by atoms with Crippen LogP contribution >= 0.6 is 0 Å². The van der Waals surface area contributed by atoms with Gasteiger partial charge in [0, 0.05) is 29.6 Å². The van der Waals surface area contributed by atoms with Crippen molar-refractivity contribution in [2.45, 2.75) is 38.3 Å². The third-order valence-electron chi connectivity index (χ3n) is 5.44. The summed E-state index contributed by atoms with van der Waals surface area (Å²) >= 11 is 0. The van der Waals surface area contributed by atoms with Crippen LogP contribution in [0.4, 0.5) is 4.39 Å². The minimum Gasteiger partial charge on any atom is -0.454 e. The molecule has 0 unspecified atom stereocenters. The predicted molar refractivity (Wildman–Crippen MR) is 102 cm³/mol. The number of aromatic nitrogens is 1. The average molecular weight is 364 g/mol. The Kier molecular flexibility index (Phi) is 4.17. The highest BCUT2D eigenvalue weighted by molar-refractivity contribution is 5.86. The van der Waals surface area contributed by atoms with Crippen LogP contribution in [0, 0.1) is 5.82 Å². The second-order valence-corrected chi connectivity index (χ2v) is 7.26. The van der Waals surface area contributed by atoms with Crippen molar-refractivity contribution in [1.82, 2.24) is 10.3 Å². The zero-order valence-corrected chi connectivity index (χ0v) is 15.0. The lowest BCUT2D eigenvalue weighted by atomic mass is 10.0. The first-order chi connectivity index (χ1) is 13.3. The maximum Gasteiger partial charge on any atom is 0.231 e. The number of pyridine rings is 1. The molecule has 138 valence electrons. The van der Waals surface area contributed by atoms with Gasteiger partial charge in [-0.05, 0) is 54.8 Å². The quantitative estimate of drug-likeness (QED) is 0.722. The van der Waals surface area contributed by atoms with E-state index in [1.807, 2.05) is 12.1 Å². The number of rotatable bonds is 4. The number of hydrogen-bond donors (Lipinski definition) is 1. The standard InChI is InChI=1S/C22H21FN2O2/c23-17-7-5-14(6-8-17)22-16(12-24-18-3-1-2-4-18)9-15-10-20-21(27-13-26-20)11-19(15)25-22/h5-11,18,24H,1-4,12-13H2. The lowest BCUT2D eigenvalue weighted by molar-refractivity contribution is 0.174. The molecule has 1 aliphatic heterocycles. The fourth-order valence-electron chi connectivity index (χ4n) is 3.98. The van der Waals surface area contributed by atoms with Crippen LogP contribution in [-0.2, 0) is 6.54 Å². The van der Waals surface area contributed by atoms with Crippen molar-refractivity contribution >= 4 is 10.9 Å². The van der Waals surface area contributed by atoms with Gasteiger partial charge in [0.2, 0.25) is 6.79 Å². The van der Waals surface area contributed by atoms with Crippen LogP contribution in [0.2, 0.25) is 0 Å². The summed E-state index contributed by atoms with van der Waals surface area (Å²) in [6.07, 6.45) is 5.04. The fraction of sp³-hybridized carbons (Fsp3) is 0.318. The van der Waals surface area contributed by atoms with Crippen LogP contribution in [0.3, 0.4) is 0 Å². The van der Waals surface area contributed by atoms with E-state index in [2.05, 4.69) is 11.4 Å². The van der Waals surface area contributed by atoms with Gasteiger partial charge in [0.1, 0.15) is 5.82 Å². The minimum atomic E-state index is -0.242. The smallest absolute Gasteiger partial charge is 0.231 e. The maximum atomic E-state index is 13.4. The molecule has 0 spiro atoms. The number of nitrogens with zero attached hydrogens (tertiary/aromatic N) is 1. The molecule has 3 aromatic rings. The van der Waals surface area contributed by atoms with Crippen molar-refractivity contribution in [1.29, 1.82) is 0 Å². The van der Waals surface area contributed by atoms with E-state index in [1.165, 1.54) is 37.8 Å². The Bertz CT molecular complexity index is 982. The molecule has 1 N–H and O–H groups in total. The number of ether oxygens (including phenoxy) is 2. The average Bonchev–Trinajstić information content (AvgIpc) is 3.36. The van der Waals surface area contributed by atoms with Crippen molar-refractivity contribution < 1.29 is 13.9 Å². The van der Waals surface area contributed by atoms with Gasteiger partial charge >= 0.3 is 0 Å². The van der Waals surface area contributed by atoms with Gasteiger partial charge in [-0.1, -0.05) is 12.8 Å². The van der Waals surface area contributed by atoms with Crippen LogP contribution in [-0.4, -0.2) is 17.8 Å². The molecule has 2 aliphatic rings. The van der Waals surface area contributed by atoms with Crippen molar-refractivity contribution in [2.75, 3.05) is 6.79 Å². The van der Waals surface area contributed by atoms with E-state index in [0.717, 1.165) is 45.8 Å².